The molecule has 4 aromatic carbocycles. The van der Waals surface area contributed by atoms with Gasteiger partial charge in [0.15, 0.2) is 12.4 Å². The first kappa shape index (κ1) is 35.7. The van der Waals surface area contributed by atoms with E-state index >= 15 is 0 Å². The topological polar surface area (TPSA) is 158 Å². The molecule has 0 bridgehead atoms. The summed E-state index contributed by atoms with van der Waals surface area (Å²) in [7, 11) is 0. The zero-order valence-electron chi connectivity index (χ0n) is 28.4. The molecule has 5 aromatic rings. The third-order valence-corrected chi connectivity index (χ3v) is 9.67. The van der Waals surface area contributed by atoms with Crippen LogP contribution in [0.2, 0.25) is 0 Å². The Kier molecular flexibility index (Phi) is 11.4. The van der Waals surface area contributed by atoms with Crippen molar-refractivity contribution in [1.29, 1.82) is 0 Å². The van der Waals surface area contributed by atoms with Crippen molar-refractivity contribution in [3.05, 3.63) is 119 Å². The SMILES string of the molecule is CC(=O)OC(C)C(=O)NCc1cccc(-c2ccc(C3OC(CSc4nnnn4-c4ccc(O)cc4)C(C)C(c4ccc(CO)cc4)O3)cc2)c1. The highest BCUT2D eigenvalue weighted by Gasteiger charge is 2.38. The maximum absolute atomic E-state index is 12.3. The molecule has 3 N–H and O–H groups in total. The number of carbonyl (C=O) groups excluding carboxylic acids is 2. The van der Waals surface area contributed by atoms with Gasteiger partial charge in [-0.2, -0.15) is 4.68 Å². The molecule has 264 valence electrons. The van der Waals surface area contributed by atoms with Crippen molar-refractivity contribution in [2.24, 2.45) is 5.92 Å². The van der Waals surface area contributed by atoms with Crippen LogP contribution in [0.15, 0.2) is 102 Å². The minimum Gasteiger partial charge on any atom is -0.508 e. The van der Waals surface area contributed by atoms with Gasteiger partial charge in [-0.15, -0.1) is 5.10 Å². The number of aliphatic hydroxyl groups excluding tert-OH is 1. The maximum atomic E-state index is 12.3. The van der Waals surface area contributed by atoms with Gasteiger partial charge in [-0.1, -0.05) is 85.4 Å². The second-order valence-electron chi connectivity index (χ2n) is 12.3. The maximum Gasteiger partial charge on any atom is 0.303 e. The van der Waals surface area contributed by atoms with Gasteiger partial charge in [-0.3, -0.25) is 9.59 Å². The molecule has 12 nitrogen and oxygen atoms in total. The van der Waals surface area contributed by atoms with Crippen LogP contribution in [0.25, 0.3) is 16.8 Å². The summed E-state index contributed by atoms with van der Waals surface area (Å²) in [6.45, 7) is 5.16. The van der Waals surface area contributed by atoms with Crippen molar-refractivity contribution in [2.45, 2.75) is 63.7 Å². The molecule has 1 aliphatic heterocycles. The molecule has 0 saturated carbocycles. The van der Waals surface area contributed by atoms with Crippen LogP contribution in [0, 0.1) is 5.92 Å². The predicted octanol–water partition coefficient (Wildman–Crippen LogP) is 5.68. The monoisotopic (exact) mass is 709 g/mol. The van der Waals surface area contributed by atoms with Crippen LogP contribution in [-0.4, -0.2) is 60.3 Å². The van der Waals surface area contributed by atoms with Gasteiger partial charge in [0, 0.05) is 30.7 Å². The Morgan fingerprint density at radius 1 is 0.941 bits per heavy atom. The summed E-state index contributed by atoms with van der Waals surface area (Å²) in [5.74, 6) is -0.201. The van der Waals surface area contributed by atoms with E-state index in [4.69, 9.17) is 14.2 Å². The standard InChI is InChI=1S/C38H39N5O7S/c1-23-34(22-51-38-40-41-42-43(38)32-15-17-33(46)18-16-32)49-37(50-35(23)29-9-7-26(21-44)8-10-29)30-13-11-28(12-14-30)31-6-4-5-27(19-31)20-39-36(47)24(2)48-25(3)45/h4-19,23-24,34-35,37,44,46H,20-22H2,1-3H3,(H,39,47). The van der Waals surface area contributed by atoms with Crippen LogP contribution in [0.3, 0.4) is 0 Å². The van der Waals surface area contributed by atoms with Crippen molar-refractivity contribution in [1.82, 2.24) is 25.5 Å². The van der Waals surface area contributed by atoms with Crippen LogP contribution in [0.4, 0.5) is 0 Å². The van der Waals surface area contributed by atoms with E-state index in [2.05, 4.69) is 27.8 Å². The number of nitrogens with zero attached hydrogens (tertiary/aromatic N) is 4. The molecule has 0 spiro atoms. The molecule has 1 aliphatic rings. The highest BCUT2D eigenvalue weighted by molar-refractivity contribution is 7.99. The van der Waals surface area contributed by atoms with Crippen molar-refractivity contribution >= 4 is 23.6 Å². The number of carbonyl (C=O) groups is 2. The Morgan fingerprint density at radius 2 is 1.67 bits per heavy atom. The summed E-state index contributed by atoms with van der Waals surface area (Å²) in [5, 5.41) is 35.0. The van der Waals surface area contributed by atoms with Gasteiger partial charge in [0.2, 0.25) is 5.16 Å². The first-order chi connectivity index (χ1) is 24.7. The molecule has 1 aromatic heterocycles. The number of thioether (sulfide) groups is 1. The quantitative estimate of drug-likeness (QED) is 0.108. The first-order valence-corrected chi connectivity index (χ1v) is 17.5. The van der Waals surface area contributed by atoms with Gasteiger partial charge in [-0.25, -0.2) is 0 Å². The van der Waals surface area contributed by atoms with Crippen molar-refractivity contribution in [2.75, 3.05) is 5.75 Å². The van der Waals surface area contributed by atoms with Crippen molar-refractivity contribution in [3.8, 4) is 22.6 Å². The van der Waals surface area contributed by atoms with Crippen molar-refractivity contribution in [3.63, 3.8) is 0 Å². The molecule has 1 saturated heterocycles. The van der Waals surface area contributed by atoms with Gasteiger partial charge in [0.25, 0.3) is 5.91 Å². The zero-order valence-corrected chi connectivity index (χ0v) is 29.2. The predicted molar refractivity (Wildman–Crippen MR) is 189 cm³/mol. The molecule has 0 radical (unpaired) electrons. The number of nitrogens with one attached hydrogen (secondary N) is 1. The van der Waals surface area contributed by atoms with Crippen LogP contribution >= 0.6 is 11.8 Å². The summed E-state index contributed by atoms with van der Waals surface area (Å²) < 4.78 is 19.9. The smallest absolute Gasteiger partial charge is 0.303 e. The van der Waals surface area contributed by atoms with Crippen LogP contribution in [0.1, 0.15) is 55.4 Å². The van der Waals surface area contributed by atoms with Gasteiger partial charge in [-0.05, 0) is 75.5 Å². The minimum absolute atomic E-state index is 0.0359. The molecule has 5 unspecified atom stereocenters. The fourth-order valence-corrected chi connectivity index (χ4v) is 6.87. The number of aromatic nitrogens is 4. The number of aromatic hydroxyl groups is 1. The van der Waals surface area contributed by atoms with Crippen LogP contribution < -0.4 is 5.32 Å². The van der Waals surface area contributed by atoms with Crippen molar-refractivity contribution < 1.29 is 34.0 Å². The average Bonchev–Trinajstić information content (AvgIpc) is 3.62. The lowest BCUT2D eigenvalue weighted by molar-refractivity contribution is -0.268. The Balaban J connectivity index is 1.19. The number of amides is 1. The number of tetrazole rings is 1. The fourth-order valence-electron chi connectivity index (χ4n) is 5.82. The Morgan fingerprint density at radius 3 is 2.37 bits per heavy atom. The summed E-state index contributed by atoms with van der Waals surface area (Å²) in [5.41, 5.74) is 6.25. The lowest BCUT2D eigenvalue weighted by Gasteiger charge is -2.41. The number of benzene rings is 4. The number of hydrogen-bond acceptors (Lipinski definition) is 11. The number of phenolic OH excluding ortho intramolecular Hbond substituents is 1. The van der Waals surface area contributed by atoms with E-state index in [1.165, 1.54) is 25.6 Å². The number of hydrogen-bond donors (Lipinski definition) is 3. The fraction of sp³-hybridized carbons (Fsp3) is 0.289. The van der Waals surface area contributed by atoms with Gasteiger partial charge in [0.1, 0.15) is 5.75 Å². The molecular formula is C38H39N5O7S. The summed E-state index contributed by atoms with van der Waals surface area (Å²) >= 11 is 1.48. The highest BCUT2D eigenvalue weighted by Crippen LogP contribution is 2.43. The molecule has 1 fully saturated rings. The number of rotatable bonds is 12. The van der Waals surface area contributed by atoms with E-state index in [0.717, 1.165) is 39.1 Å². The summed E-state index contributed by atoms with van der Waals surface area (Å²) in [6, 6.07) is 30.3. The summed E-state index contributed by atoms with van der Waals surface area (Å²) in [4.78, 5) is 23.5. The van der Waals surface area contributed by atoms with E-state index in [9.17, 15) is 19.8 Å². The molecule has 0 aliphatic carbocycles. The largest absolute Gasteiger partial charge is 0.508 e. The van der Waals surface area contributed by atoms with E-state index in [0.29, 0.717) is 17.5 Å². The third-order valence-electron chi connectivity index (χ3n) is 8.66. The summed E-state index contributed by atoms with van der Waals surface area (Å²) in [6.07, 6.45) is -2.05. The van der Waals surface area contributed by atoms with E-state index < -0.39 is 18.4 Å². The third kappa shape index (κ3) is 8.81. The van der Waals surface area contributed by atoms with Crippen LogP contribution in [0.5, 0.6) is 5.75 Å². The van der Waals surface area contributed by atoms with Gasteiger partial charge >= 0.3 is 5.97 Å². The first-order valence-electron chi connectivity index (χ1n) is 16.5. The minimum atomic E-state index is -0.870. The van der Waals surface area contributed by atoms with E-state index in [-0.39, 0.29) is 36.4 Å². The molecule has 6 rings (SSSR count). The second-order valence-corrected chi connectivity index (χ2v) is 13.3. The second kappa shape index (κ2) is 16.3. The number of ether oxygens (including phenoxy) is 3. The van der Waals surface area contributed by atoms with Crippen LogP contribution in [-0.2, 0) is 37.0 Å². The number of esters is 1. The normalized spacial score (nSPS) is 19.3. The van der Waals surface area contributed by atoms with E-state index in [1.807, 2.05) is 72.8 Å². The molecule has 13 heteroatoms. The lowest BCUT2D eigenvalue weighted by atomic mass is 9.91. The number of aliphatic hydroxyl groups is 1. The lowest BCUT2D eigenvalue weighted by Crippen LogP contribution is -2.38. The molecule has 5 atom stereocenters. The van der Waals surface area contributed by atoms with Gasteiger partial charge < -0.3 is 29.7 Å². The molecule has 1 amide bonds. The molecule has 51 heavy (non-hydrogen) atoms. The Bertz CT molecular complexity index is 1940. The van der Waals surface area contributed by atoms with E-state index in [1.54, 1.807) is 28.9 Å². The Hall–Kier alpha value is -5.08. The Labute approximate surface area is 299 Å². The molecule has 2 heterocycles. The highest BCUT2D eigenvalue weighted by atomic mass is 32.2. The average molecular weight is 710 g/mol. The number of phenols is 1. The van der Waals surface area contributed by atoms with Gasteiger partial charge in [0.05, 0.1) is 24.5 Å². The zero-order chi connectivity index (χ0) is 35.9. The molecular weight excluding hydrogens is 671 g/mol.